The van der Waals surface area contributed by atoms with E-state index in [0.717, 1.165) is 37.4 Å². The molecule has 1 saturated carbocycles. The van der Waals surface area contributed by atoms with E-state index in [4.69, 9.17) is 11.6 Å². The van der Waals surface area contributed by atoms with Crippen LogP contribution in [-0.4, -0.2) is 49.6 Å². The van der Waals surface area contributed by atoms with Crippen LogP contribution >= 0.6 is 11.6 Å². The molecule has 5 atom stereocenters. The van der Waals surface area contributed by atoms with Gasteiger partial charge in [0.25, 0.3) is 0 Å². The molecule has 2 N–H and O–H groups in total. The summed E-state index contributed by atoms with van der Waals surface area (Å²) in [7, 11) is 1.68. The molecule has 1 heterocycles. The minimum atomic E-state index is -4.73. The van der Waals surface area contributed by atoms with Crippen LogP contribution in [0.1, 0.15) is 50.4 Å². The molecular weight excluding hydrogens is 650 g/mol. The standard InChI is InChI=1S/C31H28ClF4N3O3.C3H8O.C2H6/c32-23-13-14-26(37-17-23)30(16-19-5-2-1-3-6-19,22-7-4-8-24(15-22)42-31(35,36)28(33)34)39-29(41)38-27-21-11-9-20(10-12-21)25(27)18-40;1-3-4-2;1-2/h1-9,11,13-15,17-18,20-21,25,27-28H,10,12,16H2,(H2,38,39,41);3H2,1-2H3;1-2H3/t20?,21?,25-,27+,30-;;/m0../s1. The van der Waals surface area contributed by atoms with E-state index in [1.807, 2.05) is 51.1 Å². The molecule has 2 unspecified atom stereocenters. The lowest BCUT2D eigenvalue weighted by Gasteiger charge is -2.43. The molecule has 2 aromatic carbocycles. The maximum absolute atomic E-state index is 13.9. The Morgan fingerprint density at radius 2 is 1.71 bits per heavy atom. The summed E-state index contributed by atoms with van der Waals surface area (Å²) in [5.41, 5.74) is -0.198. The van der Waals surface area contributed by atoms with Crippen molar-refractivity contribution in [3.63, 3.8) is 0 Å². The summed E-state index contributed by atoms with van der Waals surface area (Å²) in [6.45, 7) is 6.78. The number of carbonyl (C=O) groups is 2. The summed E-state index contributed by atoms with van der Waals surface area (Å²) in [5.74, 6) is -0.927. The van der Waals surface area contributed by atoms with Gasteiger partial charge in [0.15, 0.2) is 0 Å². The van der Waals surface area contributed by atoms with Gasteiger partial charge in [-0.1, -0.05) is 80.1 Å². The highest BCUT2D eigenvalue weighted by molar-refractivity contribution is 6.30. The molecule has 2 bridgehead atoms. The summed E-state index contributed by atoms with van der Waals surface area (Å²) >= 11 is 6.12. The second-order valence-electron chi connectivity index (χ2n) is 11.1. The molecule has 260 valence electrons. The Hall–Kier alpha value is -3.96. The van der Waals surface area contributed by atoms with Crippen LogP contribution in [0.25, 0.3) is 0 Å². The van der Waals surface area contributed by atoms with E-state index in [1.165, 1.54) is 18.3 Å². The molecule has 3 aromatic rings. The van der Waals surface area contributed by atoms with E-state index >= 15 is 0 Å². The molecule has 2 amide bonds. The second kappa shape index (κ2) is 18.0. The van der Waals surface area contributed by atoms with Gasteiger partial charge in [0.1, 0.15) is 17.6 Å². The number of allylic oxidation sites excluding steroid dienone is 1. The predicted octanol–water partition coefficient (Wildman–Crippen LogP) is 8.22. The van der Waals surface area contributed by atoms with Crippen LogP contribution in [0, 0.1) is 17.8 Å². The van der Waals surface area contributed by atoms with Crippen molar-refractivity contribution in [2.75, 3.05) is 13.7 Å². The van der Waals surface area contributed by atoms with Gasteiger partial charge in [-0.05, 0) is 67.0 Å². The Labute approximate surface area is 284 Å². The Kier molecular flexibility index (Phi) is 14.4. The Balaban J connectivity index is 0.000000970. The van der Waals surface area contributed by atoms with Gasteiger partial charge < -0.3 is 24.9 Å². The highest BCUT2D eigenvalue weighted by Gasteiger charge is 2.46. The number of nitrogens with one attached hydrogen (secondary N) is 2. The topological polar surface area (TPSA) is 89.5 Å². The average molecular weight is 692 g/mol. The number of urea groups is 1. The first-order valence-corrected chi connectivity index (χ1v) is 16.2. The molecule has 7 nitrogen and oxygen atoms in total. The minimum absolute atomic E-state index is 0.0233. The first kappa shape index (κ1) is 38.5. The van der Waals surface area contributed by atoms with E-state index in [2.05, 4.69) is 25.1 Å². The second-order valence-corrected chi connectivity index (χ2v) is 11.6. The number of aldehydes is 1. The maximum atomic E-state index is 13.9. The van der Waals surface area contributed by atoms with Gasteiger partial charge >= 0.3 is 18.6 Å². The number of methoxy groups -OCH3 is 1. The van der Waals surface area contributed by atoms with Crippen LogP contribution in [0.4, 0.5) is 22.4 Å². The van der Waals surface area contributed by atoms with E-state index in [0.29, 0.717) is 10.7 Å². The molecular formula is C36H42ClF4N3O4. The third-order valence-electron chi connectivity index (χ3n) is 8.19. The molecule has 3 aliphatic carbocycles. The highest BCUT2D eigenvalue weighted by Crippen LogP contribution is 2.40. The summed E-state index contributed by atoms with van der Waals surface area (Å²) in [6, 6.07) is 16.4. The largest absolute Gasteiger partial charge is 0.461 e. The fourth-order valence-corrected chi connectivity index (χ4v) is 5.99. The molecule has 0 radical (unpaired) electrons. The number of rotatable bonds is 11. The van der Waals surface area contributed by atoms with Crippen LogP contribution in [0.5, 0.6) is 5.75 Å². The van der Waals surface area contributed by atoms with E-state index in [1.54, 1.807) is 37.4 Å². The number of pyridine rings is 1. The van der Waals surface area contributed by atoms with Gasteiger partial charge in [-0.25, -0.2) is 4.79 Å². The molecule has 12 heteroatoms. The quantitative estimate of drug-likeness (QED) is 0.120. The summed E-state index contributed by atoms with van der Waals surface area (Å²) in [4.78, 5) is 30.3. The number of aromatic nitrogens is 1. The van der Waals surface area contributed by atoms with Crippen molar-refractivity contribution in [1.29, 1.82) is 0 Å². The van der Waals surface area contributed by atoms with Crippen molar-refractivity contribution in [3.05, 3.63) is 107 Å². The lowest BCUT2D eigenvalue weighted by Crippen LogP contribution is -2.59. The van der Waals surface area contributed by atoms with Crippen molar-refractivity contribution in [3.8, 4) is 5.75 Å². The average Bonchev–Trinajstić information content (AvgIpc) is 3.10. The normalized spacial score (nSPS) is 20.7. The Bertz CT molecular complexity index is 1480. The first-order valence-electron chi connectivity index (χ1n) is 15.9. The molecule has 0 aliphatic heterocycles. The van der Waals surface area contributed by atoms with E-state index in [-0.39, 0.29) is 23.8 Å². The van der Waals surface area contributed by atoms with Gasteiger partial charge in [0.2, 0.25) is 0 Å². The van der Waals surface area contributed by atoms with Crippen molar-refractivity contribution in [2.24, 2.45) is 17.8 Å². The number of halogens is 5. The lowest BCUT2D eigenvalue weighted by molar-refractivity contribution is -0.253. The summed E-state index contributed by atoms with van der Waals surface area (Å²) in [5, 5.41) is 6.31. The number of carbonyl (C=O) groups excluding carboxylic acids is 2. The summed E-state index contributed by atoms with van der Waals surface area (Å²) in [6.07, 6.45) is -0.734. The van der Waals surface area contributed by atoms with Crippen LogP contribution < -0.4 is 15.4 Å². The molecule has 1 aromatic heterocycles. The molecule has 1 fully saturated rings. The van der Waals surface area contributed by atoms with Crippen molar-refractivity contribution in [1.82, 2.24) is 15.6 Å². The van der Waals surface area contributed by atoms with Crippen LogP contribution in [0.2, 0.25) is 5.02 Å². The monoisotopic (exact) mass is 691 g/mol. The lowest BCUT2D eigenvalue weighted by atomic mass is 9.66. The fourth-order valence-electron chi connectivity index (χ4n) is 5.88. The van der Waals surface area contributed by atoms with Crippen LogP contribution in [0.15, 0.2) is 85.1 Å². The maximum Gasteiger partial charge on any atom is 0.461 e. The third kappa shape index (κ3) is 9.56. The van der Waals surface area contributed by atoms with Crippen molar-refractivity contribution < 1.29 is 36.6 Å². The molecule has 6 rings (SSSR count). The molecule has 48 heavy (non-hydrogen) atoms. The molecule has 0 spiro atoms. The van der Waals surface area contributed by atoms with E-state index in [9.17, 15) is 27.2 Å². The number of hydrogen-bond acceptors (Lipinski definition) is 5. The zero-order valence-electron chi connectivity index (χ0n) is 27.3. The highest BCUT2D eigenvalue weighted by atomic mass is 35.5. The number of nitrogens with zero attached hydrogens (tertiary/aromatic N) is 1. The Morgan fingerprint density at radius 3 is 2.27 bits per heavy atom. The number of benzene rings is 2. The van der Waals surface area contributed by atoms with Crippen molar-refractivity contribution in [2.45, 2.75) is 64.1 Å². The van der Waals surface area contributed by atoms with Gasteiger partial charge in [-0.3, -0.25) is 4.98 Å². The minimum Gasteiger partial charge on any atom is -0.428 e. The van der Waals surface area contributed by atoms with Gasteiger partial charge in [-0.2, -0.15) is 17.6 Å². The number of amides is 2. The SMILES string of the molecule is CC.CCOC.O=C[C@H]1C2C=CC(CC2)[C@H]1NC(=O)N[C@@](Cc1ccccc1)(c1cccc(OC(F)(F)C(F)F)c1)c1ccc(Cl)cn1. The number of fused-ring (bicyclic) bond motifs is 2. The molecule has 0 saturated heterocycles. The van der Waals surface area contributed by atoms with E-state index < -0.39 is 41.8 Å². The number of alkyl halides is 4. The van der Waals surface area contributed by atoms with Crippen molar-refractivity contribution >= 4 is 23.9 Å². The third-order valence-corrected chi connectivity index (χ3v) is 8.41. The first-order chi connectivity index (χ1) is 23.0. The van der Waals surface area contributed by atoms with Gasteiger partial charge in [0, 0.05) is 38.3 Å². The zero-order valence-corrected chi connectivity index (χ0v) is 28.1. The smallest absolute Gasteiger partial charge is 0.428 e. The van der Waals surface area contributed by atoms with Gasteiger partial charge in [0.05, 0.1) is 10.7 Å². The fraction of sp³-hybridized carbons (Fsp3) is 0.417. The number of ether oxygens (including phenoxy) is 2. The van der Waals surface area contributed by atoms with Gasteiger partial charge in [-0.15, -0.1) is 0 Å². The summed E-state index contributed by atoms with van der Waals surface area (Å²) < 4.78 is 62.6. The van der Waals surface area contributed by atoms with Crippen LogP contribution in [-0.2, 0) is 21.5 Å². The predicted molar refractivity (Wildman–Crippen MR) is 177 cm³/mol. The van der Waals surface area contributed by atoms with Crippen LogP contribution in [0.3, 0.4) is 0 Å². The molecule has 3 aliphatic rings. The Morgan fingerprint density at radius 1 is 1.04 bits per heavy atom. The zero-order chi connectivity index (χ0) is 35.3. The number of hydrogen-bond donors (Lipinski definition) is 2.